The van der Waals surface area contributed by atoms with Crippen molar-refractivity contribution in [1.29, 1.82) is 0 Å². The van der Waals surface area contributed by atoms with Crippen LogP contribution in [0.2, 0.25) is 0 Å². The van der Waals surface area contributed by atoms with Crippen molar-refractivity contribution in [2.75, 3.05) is 56.5 Å². The molecule has 1 saturated heterocycles. The van der Waals surface area contributed by atoms with Crippen molar-refractivity contribution in [1.82, 2.24) is 9.80 Å². The van der Waals surface area contributed by atoms with E-state index in [0.717, 1.165) is 28.1 Å². The van der Waals surface area contributed by atoms with E-state index in [1.165, 1.54) is 12.1 Å². The second-order valence-electron chi connectivity index (χ2n) is 8.34. The third-order valence-corrected chi connectivity index (χ3v) is 5.58. The van der Waals surface area contributed by atoms with Crippen LogP contribution in [0.3, 0.4) is 0 Å². The summed E-state index contributed by atoms with van der Waals surface area (Å²) in [6.45, 7) is 8.95. The molecule has 1 heterocycles. The minimum absolute atomic E-state index is 0.0109. The summed E-state index contributed by atoms with van der Waals surface area (Å²) in [6.07, 6.45) is 0. The quantitative estimate of drug-likeness (QED) is 0.772. The van der Waals surface area contributed by atoms with E-state index in [1.54, 1.807) is 24.1 Å². The molecule has 2 amide bonds. The molecule has 2 aromatic carbocycles. The fourth-order valence-corrected chi connectivity index (χ4v) is 4.05. The molecule has 166 valence electrons. The van der Waals surface area contributed by atoms with Crippen molar-refractivity contribution in [3.63, 3.8) is 0 Å². The first-order valence-electron chi connectivity index (χ1n) is 10.6. The molecule has 1 N–H and O–H groups in total. The Bertz CT molecular complexity index is 914. The first-order chi connectivity index (χ1) is 14.7. The van der Waals surface area contributed by atoms with Gasteiger partial charge in [-0.15, -0.1) is 0 Å². The number of amides is 2. The zero-order chi connectivity index (χ0) is 22.5. The van der Waals surface area contributed by atoms with Crippen molar-refractivity contribution >= 4 is 23.2 Å². The summed E-state index contributed by atoms with van der Waals surface area (Å²) >= 11 is 0. The van der Waals surface area contributed by atoms with Gasteiger partial charge in [-0.3, -0.25) is 14.5 Å². The van der Waals surface area contributed by atoms with Crippen LogP contribution >= 0.6 is 0 Å². The third-order valence-electron chi connectivity index (χ3n) is 5.58. The number of carbonyl (C=O) groups is 2. The van der Waals surface area contributed by atoms with Gasteiger partial charge in [-0.05, 0) is 63.2 Å². The molecule has 0 atom stereocenters. The number of aryl methyl sites for hydroxylation is 3. The molecule has 0 saturated carbocycles. The van der Waals surface area contributed by atoms with Crippen LogP contribution in [-0.2, 0) is 9.59 Å². The average molecular weight is 427 g/mol. The molecule has 2 aromatic rings. The van der Waals surface area contributed by atoms with E-state index in [4.69, 9.17) is 0 Å². The molecule has 0 bridgehead atoms. The number of halogens is 1. The Hall–Kier alpha value is -2.93. The van der Waals surface area contributed by atoms with Gasteiger partial charge in [0.25, 0.3) is 0 Å². The van der Waals surface area contributed by atoms with Gasteiger partial charge in [0.15, 0.2) is 0 Å². The zero-order valence-corrected chi connectivity index (χ0v) is 18.7. The van der Waals surface area contributed by atoms with Crippen LogP contribution in [0.5, 0.6) is 0 Å². The highest BCUT2D eigenvalue weighted by molar-refractivity contribution is 5.94. The molecular formula is C24H31FN4O2. The zero-order valence-electron chi connectivity index (χ0n) is 18.7. The molecule has 1 aliphatic heterocycles. The monoisotopic (exact) mass is 426 g/mol. The van der Waals surface area contributed by atoms with Crippen LogP contribution in [-0.4, -0.2) is 67.9 Å². The molecule has 6 nitrogen and oxygen atoms in total. The van der Waals surface area contributed by atoms with Crippen LogP contribution < -0.4 is 10.2 Å². The number of benzene rings is 2. The lowest BCUT2D eigenvalue weighted by atomic mass is 10.1. The van der Waals surface area contributed by atoms with Gasteiger partial charge in [0.2, 0.25) is 11.8 Å². The Morgan fingerprint density at radius 1 is 0.968 bits per heavy atom. The Balaban J connectivity index is 1.46. The summed E-state index contributed by atoms with van der Waals surface area (Å²) in [5.74, 6) is -0.374. The molecule has 31 heavy (non-hydrogen) atoms. The molecule has 0 aliphatic carbocycles. The smallest absolute Gasteiger partial charge is 0.238 e. The Morgan fingerprint density at radius 3 is 2.13 bits per heavy atom. The molecule has 0 unspecified atom stereocenters. The number of carbonyl (C=O) groups excluding carboxylic acids is 2. The minimum atomic E-state index is -0.252. The van der Waals surface area contributed by atoms with Crippen molar-refractivity contribution in [3.8, 4) is 0 Å². The molecule has 1 fully saturated rings. The Morgan fingerprint density at radius 2 is 1.55 bits per heavy atom. The van der Waals surface area contributed by atoms with Gasteiger partial charge in [-0.2, -0.15) is 0 Å². The molecule has 0 spiro atoms. The van der Waals surface area contributed by atoms with E-state index in [0.29, 0.717) is 26.2 Å². The third kappa shape index (κ3) is 6.04. The van der Waals surface area contributed by atoms with Crippen molar-refractivity contribution < 1.29 is 14.0 Å². The van der Waals surface area contributed by atoms with Crippen molar-refractivity contribution in [2.45, 2.75) is 20.8 Å². The number of piperazine rings is 1. The maximum atomic E-state index is 13.1. The summed E-state index contributed by atoms with van der Waals surface area (Å²) < 4.78 is 13.1. The molecule has 0 radical (unpaired) electrons. The predicted octanol–water partition coefficient (Wildman–Crippen LogP) is 2.97. The number of rotatable bonds is 6. The molecular weight excluding hydrogens is 395 g/mol. The highest BCUT2D eigenvalue weighted by Crippen LogP contribution is 2.22. The maximum Gasteiger partial charge on any atom is 0.238 e. The lowest BCUT2D eigenvalue weighted by molar-refractivity contribution is -0.132. The van der Waals surface area contributed by atoms with Gasteiger partial charge in [0.05, 0.1) is 13.1 Å². The fraction of sp³-hybridized carbons (Fsp3) is 0.417. The van der Waals surface area contributed by atoms with Crippen LogP contribution in [0.25, 0.3) is 0 Å². The number of anilines is 2. The normalized spacial score (nSPS) is 14.1. The van der Waals surface area contributed by atoms with Crippen LogP contribution in [0, 0.1) is 26.6 Å². The van der Waals surface area contributed by atoms with Gasteiger partial charge in [-0.1, -0.05) is 17.7 Å². The summed E-state index contributed by atoms with van der Waals surface area (Å²) in [7, 11) is 1.78. The van der Waals surface area contributed by atoms with E-state index < -0.39 is 0 Å². The van der Waals surface area contributed by atoms with E-state index in [2.05, 4.69) is 10.2 Å². The molecule has 1 aliphatic rings. The maximum absolute atomic E-state index is 13.1. The summed E-state index contributed by atoms with van der Waals surface area (Å²) in [5.41, 5.74) is 5.03. The number of hydrogen-bond donors (Lipinski definition) is 1. The Labute approximate surface area is 183 Å². The number of hydrogen-bond acceptors (Lipinski definition) is 4. The number of likely N-dealkylation sites (N-methyl/N-ethyl adjacent to an activating group) is 1. The largest absolute Gasteiger partial charge is 0.368 e. The predicted molar refractivity (Wildman–Crippen MR) is 122 cm³/mol. The van der Waals surface area contributed by atoms with Crippen LogP contribution in [0.15, 0.2) is 36.4 Å². The summed E-state index contributed by atoms with van der Waals surface area (Å²) in [4.78, 5) is 30.9. The number of nitrogens with one attached hydrogen (secondary N) is 1. The van der Waals surface area contributed by atoms with E-state index >= 15 is 0 Å². The molecule has 3 rings (SSSR count). The summed E-state index contributed by atoms with van der Waals surface area (Å²) in [6, 6.07) is 10.5. The lowest BCUT2D eigenvalue weighted by Crippen LogP contribution is -2.51. The second kappa shape index (κ2) is 9.92. The van der Waals surface area contributed by atoms with E-state index in [1.807, 2.05) is 37.8 Å². The van der Waals surface area contributed by atoms with Gasteiger partial charge in [0.1, 0.15) is 5.82 Å². The minimum Gasteiger partial charge on any atom is -0.368 e. The van der Waals surface area contributed by atoms with Gasteiger partial charge < -0.3 is 15.1 Å². The highest BCUT2D eigenvalue weighted by Gasteiger charge is 2.23. The topological polar surface area (TPSA) is 55.9 Å². The number of nitrogens with zero attached hydrogens (tertiary/aromatic N) is 3. The SMILES string of the molecule is Cc1cc(C)c(NC(=O)CN(C)CC(=O)N2CCN(c3ccc(F)cc3)CC2)c(C)c1. The van der Waals surface area contributed by atoms with Gasteiger partial charge >= 0.3 is 0 Å². The second-order valence-corrected chi connectivity index (χ2v) is 8.34. The van der Waals surface area contributed by atoms with Crippen LogP contribution in [0.1, 0.15) is 16.7 Å². The van der Waals surface area contributed by atoms with Crippen molar-refractivity contribution in [3.05, 3.63) is 58.9 Å². The summed E-state index contributed by atoms with van der Waals surface area (Å²) in [5, 5.41) is 2.98. The average Bonchev–Trinajstić information content (AvgIpc) is 2.71. The lowest BCUT2D eigenvalue weighted by Gasteiger charge is -2.36. The molecule has 7 heteroatoms. The molecule has 0 aromatic heterocycles. The van der Waals surface area contributed by atoms with Gasteiger partial charge in [0, 0.05) is 37.6 Å². The van der Waals surface area contributed by atoms with Crippen LogP contribution in [0.4, 0.5) is 15.8 Å². The first-order valence-corrected chi connectivity index (χ1v) is 10.6. The van der Waals surface area contributed by atoms with Crippen molar-refractivity contribution in [2.24, 2.45) is 0 Å². The first kappa shape index (κ1) is 22.7. The Kier molecular flexibility index (Phi) is 7.28. The van der Waals surface area contributed by atoms with E-state index in [9.17, 15) is 14.0 Å². The standard InChI is InChI=1S/C24H31FN4O2/c1-17-13-18(2)24(19(3)14-17)26-22(30)15-27(4)16-23(31)29-11-9-28(10-12-29)21-7-5-20(25)6-8-21/h5-8,13-14H,9-12,15-16H2,1-4H3,(H,26,30). The highest BCUT2D eigenvalue weighted by atomic mass is 19.1. The fourth-order valence-electron chi connectivity index (χ4n) is 4.05. The van der Waals surface area contributed by atoms with Gasteiger partial charge in [-0.25, -0.2) is 4.39 Å². The van der Waals surface area contributed by atoms with E-state index in [-0.39, 0.29) is 30.7 Å².